The second-order valence-corrected chi connectivity index (χ2v) is 6.45. The van der Waals surface area contributed by atoms with Crippen LogP contribution in [0.5, 0.6) is 0 Å². The van der Waals surface area contributed by atoms with Gasteiger partial charge in [-0.1, -0.05) is 58.1 Å². The number of hydrogen-bond acceptors (Lipinski definition) is 3. The first-order valence-corrected chi connectivity index (χ1v) is 9.81. The van der Waals surface area contributed by atoms with Crippen LogP contribution in [0.25, 0.3) is 0 Å². The fourth-order valence-corrected chi connectivity index (χ4v) is 2.65. The van der Waals surface area contributed by atoms with Crippen molar-refractivity contribution in [3.63, 3.8) is 0 Å². The van der Waals surface area contributed by atoms with E-state index in [-0.39, 0.29) is 12.2 Å². The molecule has 1 rings (SSSR count). The van der Waals surface area contributed by atoms with Crippen LogP contribution in [-0.2, 0) is 4.74 Å². The molecule has 3 nitrogen and oxygen atoms in total. The molecule has 0 unspecified atom stereocenters. The van der Waals surface area contributed by atoms with E-state index in [1.54, 1.807) is 0 Å². The molecule has 1 heterocycles. The van der Waals surface area contributed by atoms with Crippen molar-refractivity contribution >= 4 is 0 Å². The monoisotopic (exact) mass is 328 g/mol. The first-order chi connectivity index (χ1) is 11.3. The van der Waals surface area contributed by atoms with Gasteiger partial charge in [0.1, 0.15) is 0 Å². The van der Waals surface area contributed by atoms with Crippen LogP contribution < -0.4 is 0 Å². The average molecular weight is 329 g/mol. The van der Waals surface area contributed by atoms with Gasteiger partial charge < -0.3 is 14.9 Å². The van der Waals surface area contributed by atoms with Gasteiger partial charge in [0.25, 0.3) is 0 Å². The standard InChI is InChI=1S/C10H20O2.C10H20O/c1-2-3-4-6-9(11)10-7-5-8-12-10;1-2-3-4-5-6-7-8-9-10-11/h9-11H,2-8H2,1H3;6-7,11H,2-5,8-10H2,1H3/b;7-6-/t9-,10-;/m0./s1. The largest absolute Gasteiger partial charge is 0.396 e. The van der Waals surface area contributed by atoms with Crippen LogP contribution in [0.2, 0.25) is 0 Å². The summed E-state index contributed by atoms with van der Waals surface area (Å²) in [5, 5.41) is 18.1. The zero-order valence-corrected chi connectivity index (χ0v) is 15.5. The summed E-state index contributed by atoms with van der Waals surface area (Å²) in [6.07, 6.45) is 18.1. The summed E-state index contributed by atoms with van der Waals surface area (Å²) in [4.78, 5) is 0. The number of unbranched alkanes of at least 4 members (excludes halogenated alkanes) is 6. The lowest BCUT2D eigenvalue weighted by Gasteiger charge is -2.16. The zero-order chi connectivity index (χ0) is 17.2. The molecule has 0 saturated carbocycles. The highest BCUT2D eigenvalue weighted by Gasteiger charge is 2.23. The van der Waals surface area contributed by atoms with E-state index in [0.29, 0.717) is 6.61 Å². The topological polar surface area (TPSA) is 49.7 Å². The molecule has 0 aromatic carbocycles. The van der Waals surface area contributed by atoms with Gasteiger partial charge >= 0.3 is 0 Å². The van der Waals surface area contributed by atoms with E-state index in [2.05, 4.69) is 26.0 Å². The van der Waals surface area contributed by atoms with Crippen LogP contribution in [0.4, 0.5) is 0 Å². The molecule has 1 aliphatic rings. The summed E-state index contributed by atoms with van der Waals surface area (Å²) in [6, 6.07) is 0. The summed E-state index contributed by atoms with van der Waals surface area (Å²) in [5.74, 6) is 0. The molecular formula is C20H40O3. The SMILES string of the molecule is CCCCC/C=C\CCCO.CCCCC[C@H](O)[C@@H]1CCCO1. The van der Waals surface area contributed by atoms with Crippen LogP contribution in [-0.4, -0.2) is 35.6 Å². The van der Waals surface area contributed by atoms with Crippen molar-refractivity contribution in [1.29, 1.82) is 0 Å². The molecule has 0 bridgehead atoms. The molecule has 2 N–H and O–H groups in total. The average Bonchev–Trinajstić information content (AvgIpc) is 3.09. The van der Waals surface area contributed by atoms with E-state index >= 15 is 0 Å². The van der Waals surface area contributed by atoms with Gasteiger partial charge in [0.15, 0.2) is 0 Å². The molecule has 0 spiro atoms. The van der Waals surface area contributed by atoms with Crippen LogP contribution in [0.1, 0.15) is 90.9 Å². The molecule has 0 amide bonds. The fourth-order valence-electron chi connectivity index (χ4n) is 2.65. The lowest BCUT2D eigenvalue weighted by Crippen LogP contribution is -2.24. The number of allylic oxidation sites excluding steroid dienone is 2. The van der Waals surface area contributed by atoms with Gasteiger partial charge in [-0.3, -0.25) is 0 Å². The lowest BCUT2D eigenvalue weighted by atomic mass is 10.0. The van der Waals surface area contributed by atoms with Gasteiger partial charge in [-0.05, 0) is 44.9 Å². The molecule has 0 aliphatic carbocycles. The van der Waals surface area contributed by atoms with Crippen LogP contribution in [0.15, 0.2) is 12.2 Å². The zero-order valence-electron chi connectivity index (χ0n) is 15.5. The fraction of sp³-hybridized carbons (Fsp3) is 0.900. The molecule has 3 heteroatoms. The Hall–Kier alpha value is -0.380. The Kier molecular flexibility index (Phi) is 17.7. The number of aliphatic hydroxyl groups excluding tert-OH is 2. The lowest BCUT2D eigenvalue weighted by molar-refractivity contribution is -0.00631. The molecule has 1 fully saturated rings. The van der Waals surface area contributed by atoms with Crippen molar-refractivity contribution in [2.75, 3.05) is 13.2 Å². The quantitative estimate of drug-likeness (QED) is 0.391. The molecule has 138 valence electrons. The van der Waals surface area contributed by atoms with Gasteiger partial charge in [-0.25, -0.2) is 0 Å². The Labute approximate surface area is 144 Å². The summed E-state index contributed by atoms with van der Waals surface area (Å²) in [5.41, 5.74) is 0. The highest BCUT2D eigenvalue weighted by molar-refractivity contribution is 4.81. The normalized spacial score (nSPS) is 18.9. The van der Waals surface area contributed by atoms with Gasteiger partial charge in [0, 0.05) is 13.2 Å². The van der Waals surface area contributed by atoms with Crippen molar-refractivity contribution in [3.05, 3.63) is 12.2 Å². The van der Waals surface area contributed by atoms with Crippen molar-refractivity contribution in [2.45, 2.75) is 103 Å². The Bertz CT molecular complexity index is 247. The maximum atomic E-state index is 9.65. The van der Waals surface area contributed by atoms with Crippen LogP contribution >= 0.6 is 0 Å². The second-order valence-electron chi connectivity index (χ2n) is 6.45. The molecule has 0 aromatic heterocycles. The van der Waals surface area contributed by atoms with Gasteiger partial charge in [0.05, 0.1) is 12.2 Å². The molecule has 1 aliphatic heterocycles. The number of hydrogen-bond donors (Lipinski definition) is 2. The maximum Gasteiger partial charge on any atom is 0.0834 e. The summed E-state index contributed by atoms with van der Waals surface area (Å²) in [7, 11) is 0. The van der Waals surface area contributed by atoms with E-state index < -0.39 is 0 Å². The molecule has 0 aromatic rings. The number of ether oxygens (including phenoxy) is 1. The minimum Gasteiger partial charge on any atom is -0.396 e. The molecule has 23 heavy (non-hydrogen) atoms. The number of rotatable bonds is 12. The molecule has 1 saturated heterocycles. The van der Waals surface area contributed by atoms with E-state index in [1.807, 2.05) is 0 Å². The van der Waals surface area contributed by atoms with E-state index in [9.17, 15) is 5.11 Å². The van der Waals surface area contributed by atoms with E-state index in [1.165, 1.54) is 38.5 Å². The Morgan fingerprint density at radius 1 is 1.00 bits per heavy atom. The first-order valence-electron chi connectivity index (χ1n) is 9.81. The highest BCUT2D eigenvalue weighted by atomic mass is 16.5. The van der Waals surface area contributed by atoms with Crippen LogP contribution in [0, 0.1) is 0 Å². The highest BCUT2D eigenvalue weighted by Crippen LogP contribution is 2.19. The molecule has 2 atom stereocenters. The van der Waals surface area contributed by atoms with Gasteiger partial charge in [-0.15, -0.1) is 0 Å². The molecule has 0 radical (unpaired) electrons. The summed E-state index contributed by atoms with van der Waals surface area (Å²) >= 11 is 0. The Balaban J connectivity index is 0.000000423. The van der Waals surface area contributed by atoms with Gasteiger partial charge in [0.2, 0.25) is 0 Å². The third kappa shape index (κ3) is 14.9. The minimum atomic E-state index is -0.209. The smallest absolute Gasteiger partial charge is 0.0834 e. The van der Waals surface area contributed by atoms with E-state index in [4.69, 9.17) is 9.84 Å². The second kappa shape index (κ2) is 18.0. The predicted molar refractivity (Wildman–Crippen MR) is 98.7 cm³/mol. The Morgan fingerprint density at radius 2 is 1.65 bits per heavy atom. The number of aliphatic hydroxyl groups is 2. The first kappa shape index (κ1) is 22.6. The maximum absolute atomic E-state index is 9.65. The summed E-state index contributed by atoms with van der Waals surface area (Å²) < 4.78 is 5.40. The Morgan fingerprint density at radius 3 is 2.22 bits per heavy atom. The molecular weight excluding hydrogens is 288 g/mol. The van der Waals surface area contributed by atoms with Crippen molar-refractivity contribution in [2.24, 2.45) is 0 Å². The minimum absolute atomic E-state index is 0.141. The van der Waals surface area contributed by atoms with Gasteiger partial charge in [-0.2, -0.15) is 0 Å². The van der Waals surface area contributed by atoms with Crippen molar-refractivity contribution < 1.29 is 14.9 Å². The van der Waals surface area contributed by atoms with Crippen molar-refractivity contribution in [1.82, 2.24) is 0 Å². The van der Waals surface area contributed by atoms with E-state index in [0.717, 1.165) is 45.1 Å². The van der Waals surface area contributed by atoms with Crippen molar-refractivity contribution in [3.8, 4) is 0 Å². The van der Waals surface area contributed by atoms with Crippen LogP contribution in [0.3, 0.4) is 0 Å². The summed E-state index contributed by atoms with van der Waals surface area (Å²) in [6.45, 7) is 5.56. The third-order valence-corrected chi connectivity index (χ3v) is 4.17. The third-order valence-electron chi connectivity index (χ3n) is 4.17. The predicted octanol–water partition coefficient (Wildman–Crippen LogP) is 5.00.